The molecule has 0 bridgehead atoms. The lowest BCUT2D eigenvalue weighted by atomic mass is 10.0. The van der Waals surface area contributed by atoms with Crippen molar-refractivity contribution in [3.05, 3.63) is 207 Å². The fourth-order valence-electron chi connectivity index (χ4n) is 7.23. The fraction of sp³-hybridized carbons (Fsp3) is 0. The maximum atomic E-state index is 6.09. The van der Waals surface area contributed by atoms with Crippen molar-refractivity contribution in [3.63, 3.8) is 0 Å². The van der Waals surface area contributed by atoms with E-state index in [1.54, 1.807) is 17.5 Å². The normalized spacial score (nSPS) is 11.2. The maximum Gasteiger partial charge on any atom is 0.153 e. The molecule has 6 aromatic carbocycles. The zero-order valence-electron chi connectivity index (χ0n) is 30.2. The predicted molar refractivity (Wildman–Crippen MR) is 233 cm³/mol. The summed E-state index contributed by atoms with van der Waals surface area (Å²) in [5, 5.41) is 0. The van der Waals surface area contributed by atoms with Crippen molar-refractivity contribution in [2.24, 2.45) is 0 Å². The molecule has 266 valence electrons. The van der Waals surface area contributed by atoms with E-state index < -0.39 is 0 Å². The Hall–Kier alpha value is -7.28. The van der Waals surface area contributed by atoms with Gasteiger partial charge in [-0.15, -0.1) is 11.3 Å². The molecule has 0 spiro atoms. The van der Waals surface area contributed by atoms with Gasteiger partial charge in [-0.05, 0) is 132 Å². The molecular weight excluding hydrogens is 705 g/mol. The van der Waals surface area contributed by atoms with Gasteiger partial charge in [0.2, 0.25) is 0 Å². The van der Waals surface area contributed by atoms with Gasteiger partial charge < -0.3 is 14.2 Å². The number of hydrogen-bond donors (Lipinski definition) is 0. The van der Waals surface area contributed by atoms with Crippen LogP contribution in [0.25, 0.3) is 54.2 Å². The molecule has 10 rings (SSSR count). The average molecular weight is 739 g/mol. The van der Waals surface area contributed by atoms with Gasteiger partial charge in [-0.2, -0.15) is 0 Å². The summed E-state index contributed by atoms with van der Waals surface area (Å²) < 4.78 is 7.29. The van der Waals surface area contributed by atoms with Crippen molar-refractivity contribution in [2.45, 2.75) is 0 Å². The van der Waals surface area contributed by atoms with Gasteiger partial charge in [-0.25, -0.2) is 0 Å². The quantitative estimate of drug-likeness (QED) is 0.148. The minimum absolute atomic E-state index is 0.785. The zero-order chi connectivity index (χ0) is 37.3. The van der Waals surface area contributed by atoms with Crippen LogP contribution < -0.4 is 9.80 Å². The molecule has 6 heteroatoms. The lowest BCUT2D eigenvalue weighted by Gasteiger charge is -2.26. The molecule has 0 aliphatic carbocycles. The van der Waals surface area contributed by atoms with Gasteiger partial charge in [0.15, 0.2) is 5.58 Å². The number of fused-ring (bicyclic) bond motifs is 2. The Morgan fingerprint density at radius 3 is 1.32 bits per heavy atom. The van der Waals surface area contributed by atoms with E-state index in [1.165, 1.54) is 15.1 Å². The summed E-state index contributed by atoms with van der Waals surface area (Å²) in [6.45, 7) is 0. The van der Waals surface area contributed by atoms with Gasteiger partial charge in [0.05, 0.1) is 10.2 Å². The van der Waals surface area contributed by atoms with Crippen LogP contribution in [0.15, 0.2) is 211 Å². The molecule has 0 aliphatic rings. The van der Waals surface area contributed by atoms with Gasteiger partial charge in [-0.1, -0.05) is 72.8 Å². The first-order valence-corrected chi connectivity index (χ1v) is 19.4. The van der Waals surface area contributed by atoms with E-state index in [9.17, 15) is 0 Å². The molecule has 0 N–H and O–H groups in total. The second-order valence-electron chi connectivity index (χ2n) is 13.5. The fourth-order valence-corrected chi connectivity index (χ4v) is 8.25. The molecule has 10 aromatic rings. The Morgan fingerprint density at radius 2 is 0.821 bits per heavy atom. The number of hydrogen-bond acceptors (Lipinski definition) is 6. The summed E-state index contributed by atoms with van der Waals surface area (Å²) in [7, 11) is 0. The number of anilines is 6. The molecule has 0 aliphatic heterocycles. The van der Waals surface area contributed by atoms with Crippen LogP contribution in [0.3, 0.4) is 0 Å². The maximum absolute atomic E-state index is 6.09. The molecule has 0 radical (unpaired) electrons. The van der Waals surface area contributed by atoms with Crippen LogP contribution in [0.2, 0.25) is 0 Å². The van der Waals surface area contributed by atoms with Gasteiger partial charge in [0, 0.05) is 63.0 Å². The number of para-hydroxylation sites is 2. The van der Waals surface area contributed by atoms with Crippen LogP contribution in [0, 0.1) is 0 Å². The number of nitrogens with zero attached hydrogens (tertiary/aromatic N) is 4. The monoisotopic (exact) mass is 738 g/mol. The van der Waals surface area contributed by atoms with Crippen molar-refractivity contribution in [3.8, 4) is 32.9 Å². The molecule has 0 fully saturated rings. The van der Waals surface area contributed by atoms with Crippen LogP contribution in [0.4, 0.5) is 34.1 Å². The van der Waals surface area contributed by atoms with E-state index in [2.05, 4.69) is 184 Å². The van der Waals surface area contributed by atoms with Crippen molar-refractivity contribution >= 4 is 66.8 Å². The van der Waals surface area contributed by atoms with E-state index in [1.807, 2.05) is 36.5 Å². The number of aromatic nitrogens is 2. The van der Waals surface area contributed by atoms with E-state index in [0.717, 1.165) is 73.2 Å². The van der Waals surface area contributed by atoms with Crippen molar-refractivity contribution < 1.29 is 4.42 Å². The van der Waals surface area contributed by atoms with Crippen LogP contribution in [0.1, 0.15) is 0 Å². The number of furan rings is 1. The smallest absolute Gasteiger partial charge is 0.153 e. The third-order valence-electron chi connectivity index (χ3n) is 10.0. The molecule has 4 aromatic heterocycles. The molecule has 0 atom stereocenters. The van der Waals surface area contributed by atoms with E-state index in [-0.39, 0.29) is 0 Å². The van der Waals surface area contributed by atoms with Crippen LogP contribution in [-0.2, 0) is 0 Å². The molecule has 0 saturated heterocycles. The first-order chi connectivity index (χ1) is 27.7. The molecule has 0 amide bonds. The molecular formula is C50H34N4OS. The topological polar surface area (TPSA) is 45.4 Å². The molecule has 56 heavy (non-hydrogen) atoms. The summed E-state index contributed by atoms with van der Waals surface area (Å²) in [4.78, 5) is 14.8. The van der Waals surface area contributed by atoms with Gasteiger partial charge >= 0.3 is 0 Å². The van der Waals surface area contributed by atoms with Crippen LogP contribution in [0.5, 0.6) is 0 Å². The average Bonchev–Trinajstić information content (AvgIpc) is 3.91. The second kappa shape index (κ2) is 14.5. The first kappa shape index (κ1) is 33.3. The predicted octanol–water partition coefficient (Wildman–Crippen LogP) is 14.4. The standard InChI is InChI=1S/C50H34N4OS/c1-3-9-39(10-4-1)53(43-27-19-37(20-28-43)48-33-45-47(55-48)13-7-31-51-45)41-23-15-35(16-24-41)36-17-25-42(26-18-36)54(40-11-5-2-6-12-40)44-29-21-38(22-30-44)50-34-46-49(56-50)14-8-32-52-46/h1-34H. The van der Waals surface area contributed by atoms with E-state index in [0.29, 0.717) is 0 Å². The van der Waals surface area contributed by atoms with Crippen molar-refractivity contribution in [2.75, 3.05) is 9.80 Å². The minimum Gasteiger partial charge on any atom is -0.454 e. The molecule has 5 nitrogen and oxygen atoms in total. The van der Waals surface area contributed by atoms with E-state index >= 15 is 0 Å². The van der Waals surface area contributed by atoms with Gasteiger partial charge in [-0.3, -0.25) is 9.97 Å². The van der Waals surface area contributed by atoms with Gasteiger partial charge in [0.25, 0.3) is 0 Å². The third kappa shape index (κ3) is 6.48. The summed E-state index contributed by atoms with van der Waals surface area (Å²) in [5.74, 6) is 0.803. The summed E-state index contributed by atoms with van der Waals surface area (Å²) in [6, 6.07) is 68.1. The summed E-state index contributed by atoms with van der Waals surface area (Å²) in [6.07, 6.45) is 3.64. The molecule has 0 saturated carbocycles. The third-order valence-corrected chi connectivity index (χ3v) is 11.1. The molecule has 4 heterocycles. The Bertz CT molecular complexity index is 2620. The largest absolute Gasteiger partial charge is 0.454 e. The summed E-state index contributed by atoms with van der Waals surface area (Å²) in [5.41, 5.74) is 13.7. The van der Waals surface area contributed by atoms with Crippen LogP contribution >= 0.6 is 11.3 Å². The van der Waals surface area contributed by atoms with Crippen molar-refractivity contribution in [1.82, 2.24) is 9.97 Å². The highest BCUT2D eigenvalue weighted by Crippen LogP contribution is 2.40. The second-order valence-corrected chi connectivity index (χ2v) is 14.6. The first-order valence-electron chi connectivity index (χ1n) is 18.5. The number of pyridine rings is 2. The van der Waals surface area contributed by atoms with Crippen molar-refractivity contribution in [1.29, 1.82) is 0 Å². The minimum atomic E-state index is 0.785. The Balaban J connectivity index is 0.925. The lowest BCUT2D eigenvalue weighted by molar-refractivity contribution is 0.631. The highest BCUT2D eigenvalue weighted by molar-refractivity contribution is 7.22. The zero-order valence-corrected chi connectivity index (χ0v) is 31.1. The number of thiophene rings is 1. The highest BCUT2D eigenvalue weighted by atomic mass is 32.1. The van der Waals surface area contributed by atoms with E-state index in [4.69, 9.17) is 4.42 Å². The lowest BCUT2D eigenvalue weighted by Crippen LogP contribution is -2.10. The highest BCUT2D eigenvalue weighted by Gasteiger charge is 2.16. The summed E-state index contributed by atoms with van der Waals surface area (Å²) >= 11 is 1.77. The Kier molecular flexibility index (Phi) is 8.63. The molecule has 0 unspecified atom stereocenters. The van der Waals surface area contributed by atoms with Crippen LogP contribution in [-0.4, -0.2) is 9.97 Å². The number of benzene rings is 6. The van der Waals surface area contributed by atoms with Gasteiger partial charge in [0.1, 0.15) is 11.3 Å². The Morgan fingerprint density at radius 1 is 0.375 bits per heavy atom. The number of rotatable bonds is 9. The SMILES string of the molecule is c1ccc(N(c2ccc(-c3ccc(N(c4ccccc4)c4ccc(-c5cc6ncccc6s5)cc4)cc3)cc2)c2ccc(-c3cc4ncccc4o3)cc2)cc1. The Labute approximate surface area is 329 Å².